The Morgan fingerprint density at radius 2 is 2.12 bits per heavy atom. The van der Waals surface area contributed by atoms with Crippen molar-refractivity contribution in [2.75, 3.05) is 10.6 Å². The van der Waals surface area contributed by atoms with Crippen molar-refractivity contribution in [2.45, 2.75) is 32.1 Å². The Hall–Kier alpha value is -0.830. The van der Waals surface area contributed by atoms with Gasteiger partial charge >= 0.3 is 0 Å². The molecule has 0 saturated carbocycles. The predicted molar refractivity (Wildman–Crippen MR) is 70.2 cm³/mol. The van der Waals surface area contributed by atoms with Crippen LogP contribution in [-0.2, 0) is 16.6 Å². The number of hydrogen-bond acceptors (Lipinski definition) is 1. The number of aryl methyl sites for hydroxylation is 1. The van der Waals surface area contributed by atoms with Crippen molar-refractivity contribution >= 4 is 27.5 Å². The minimum absolute atomic E-state index is 0.0974. The number of hydrogen-bond donors (Lipinski definition) is 1. The van der Waals surface area contributed by atoms with Crippen molar-refractivity contribution in [1.29, 1.82) is 0 Å². The van der Waals surface area contributed by atoms with Crippen LogP contribution in [0, 0.1) is 0 Å². The smallest absolute Gasteiger partial charge is 0.234 e. The fourth-order valence-corrected chi connectivity index (χ4v) is 2.35. The SMILES string of the molecule is CC1(C)C(=O)Nc2cc(CCCBr)ccc21. The van der Waals surface area contributed by atoms with Crippen LogP contribution in [0.1, 0.15) is 31.4 Å². The summed E-state index contributed by atoms with van der Waals surface area (Å²) in [5, 5.41) is 3.97. The van der Waals surface area contributed by atoms with Crippen LogP contribution in [-0.4, -0.2) is 11.2 Å². The molecule has 0 atom stereocenters. The lowest BCUT2D eigenvalue weighted by atomic mass is 9.85. The zero-order chi connectivity index (χ0) is 11.8. The normalized spacial score (nSPS) is 17.1. The van der Waals surface area contributed by atoms with Gasteiger partial charge in [-0.25, -0.2) is 0 Å². The lowest BCUT2D eigenvalue weighted by Crippen LogP contribution is -2.26. The van der Waals surface area contributed by atoms with Gasteiger partial charge in [0.25, 0.3) is 0 Å². The maximum atomic E-state index is 11.8. The number of nitrogens with one attached hydrogen (secondary N) is 1. The van der Waals surface area contributed by atoms with Crippen LogP contribution in [0.25, 0.3) is 0 Å². The Kier molecular flexibility index (Phi) is 3.06. The van der Waals surface area contributed by atoms with Gasteiger partial charge < -0.3 is 5.32 Å². The van der Waals surface area contributed by atoms with E-state index in [-0.39, 0.29) is 11.3 Å². The van der Waals surface area contributed by atoms with E-state index in [4.69, 9.17) is 0 Å². The van der Waals surface area contributed by atoms with Gasteiger partial charge in [0, 0.05) is 11.0 Å². The van der Waals surface area contributed by atoms with Crippen molar-refractivity contribution in [2.24, 2.45) is 0 Å². The van der Waals surface area contributed by atoms with Crippen molar-refractivity contribution < 1.29 is 4.79 Å². The van der Waals surface area contributed by atoms with Gasteiger partial charge in [-0.3, -0.25) is 4.79 Å². The molecule has 1 heterocycles. The standard InChI is InChI=1S/C13H16BrNO/c1-13(2)10-6-5-9(4-3-7-14)8-11(10)15-12(13)16/h5-6,8H,3-4,7H2,1-2H3,(H,15,16). The van der Waals surface area contributed by atoms with Gasteiger partial charge in [-0.1, -0.05) is 28.1 Å². The molecular formula is C13H16BrNO. The summed E-state index contributed by atoms with van der Waals surface area (Å²) < 4.78 is 0. The Balaban J connectivity index is 2.30. The van der Waals surface area contributed by atoms with Gasteiger partial charge in [-0.2, -0.15) is 0 Å². The second-order valence-corrected chi connectivity index (χ2v) is 5.54. The van der Waals surface area contributed by atoms with E-state index in [0.717, 1.165) is 29.4 Å². The first-order valence-corrected chi connectivity index (χ1v) is 6.68. The van der Waals surface area contributed by atoms with Crippen molar-refractivity contribution in [3.05, 3.63) is 29.3 Å². The summed E-state index contributed by atoms with van der Waals surface area (Å²) in [5.41, 5.74) is 3.00. The highest BCUT2D eigenvalue weighted by atomic mass is 79.9. The quantitative estimate of drug-likeness (QED) is 0.847. The molecule has 16 heavy (non-hydrogen) atoms. The lowest BCUT2D eigenvalue weighted by Gasteiger charge is -2.14. The largest absolute Gasteiger partial charge is 0.325 e. The zero-order valence-electron chi connectivity index (χ0n) is 9.64. The summed E-state index contributed by atoms with van der Waals surface area (Å²) in [6.07, 6.45) is 2.17. The summed E-state index contributed by atoms with van der Waals surface area (Å²) in [6, 6.07) is 6.31. The Morgan fingerprint density at radius 1 is 1.38 bits per heavy atom. The average molecular weight is 282 g/mol. The van der Waals surface area contributed by atoms with E-state index in [1.165, 1.54) is 5.56 Å². The number of fused-ring (bicyclic) bond motifs is 1. The number of benzene rings is 1. The van der Waals surface area contributed by atoms with E-state index in [9.17, 15) is 4.79 Å². The summed E-state index contributed by atoms with van der Waals surface area (Å²) >= 11 is 3.43. The van der Waals surface area contributed by atoms with Crippen molar-refractivity contribution in [3.8, 4) is 0 Å². The van der Waals surface area contributed by atoms with Gasteiger partial charge in [0.15, 0.2) is 0 Å². The fourth-order valence-electron chi connectivity index (χ4n) is 2.07. The molecule has 2 nitrogen and oxygen atoms in total. The molecule has 86 valence electrons. The highest BCUT2D eigenvalue weighted by Gasteiger charge is 2.37. The number of anilines is 1. The second kappa shape index (κ2) is 4.21. The number of carbonyl (C=O) groups is 1. The van der Waals surface area contributed by atoms with Gasteiger partial charge in [-0.05, 0) is 43.9 Å². The zero-order valence-corrected chi connectivity index (χ0v) is 11.2. The summed E-state index contributed by atoms with van der Waals surface area (Å²) in [7, 11) is 0. The highest BCUT2D eigenvalue weighted by molar-refractivity contribution is 9.09. The lowest BCUT2D eigenvalue weighted by molar-refractivity contribution is -0.119. The number of amides is 1. The molecule has 2 rings (SSSR count). The molecule has 1 N–H and O–H groups in total. The van der Waals surface area contributed by atoms with Gasteiger partial charge in [0.2, 0.25) is 5.91 Å². The molecule has 1 aliphatic heterocycles. The summed E-state index contributed by atoms with van der Waals surface area (Å²) in [6.45, 7) is 3.93. The predicted octanol–water partition coefficient (Wildman–Crippen LogP) is 3.24. The molecule has 0 saturated heterocycles. The average Bonchev–Trinajstić information content (AvgIpc) is 2.47. The van der Waals surface area contributed by atoms with Crippen LogP contribution in [0.3, 0.4) is 0 Å². The fraction of sp³-hybridized carbons (Fsp3) is 0.462. The topological polar surface area (TPSA) is 29.1 Å². The van der Waals surface area contributed by atoms with Crippen LogP contribution in [0.15, 0.2) is 18.2 Å². The van der Waals surface area contributed by atoms with E-state index in [1.807, 2.05) is 13.8 Å². The number of rotatable bonds is 3. The monoisotopic (exact) mass is 281 g/mol. The highest BCUT2D eigenvalue weighted by Crippen LogP contribution is 2.37. The molecule has 0 radical (unpaired) electrons. The van der Waals surface area contributed by atoms with E-state index in [0.29, 0.717) is 0 Å². The van der Waals surface area contributed by atoms with Crippen LogP contribution in [0.5, 0.6) is 0 Å². The molecule has 0 aromatic heterocycles. The molecule has 0 unspecified atom stereocenters. The maximum absolute atomic E-state index is 11.8. The third-order valence-electron chi connectivity index (χ3n) is 3.17. The van der Waals surface area contributed by atoms with Gasteiger partial charge in [0.05, 0.1) is 5.41 Å². The second-order valence-electron chi connectivity index (χ2n) is 4.75. The van der Waals surface area contributed by atoms with E-state index in [2.05, 4.69) is 39.4 Å². The summed E-state index contributed by atoms with van der Waals surface area (Å²) in [5.74, 6) is 0.0974. The third-order valence-corrected chi connectivity index (χ3v) is 3.73. The molecule has 3 heteroatoms. The molecule has 1 aromatic rings. The van der Waals surface area contributed by atoms with Gasteiger partial charge in [0.1, 0.15) is 0 Å². The van der Waals surface area contributed by atoms with E-state index < -0.39 is 0 Å². The number of alkyl halides is 1. The van der Waals surface area contributed by atoms with E-state index in [1.54, 1.807) is 0 Å². The number of halogens is 1. The first-order valence-electron chi connectivity index (χ1n) is 5.56. The molecule has 1 aromatic carbocycles. The van der Waals surface area contributed by atoms with Crippen LogP contribution >= 0.6 is 15.9 Å². The minimum atomic E-state index is -0.386. The van der Waals surface area contributed by atoms with Crippen molar-refractivity contribution in [3.63, 3.8) is 0 Å². The molecule has 1 amide bonds. The van der Waals surface area contributed by atoms with E-state index >= 15 is 0 Å². The van der Waals surface area contributed by atoms with Crippen molar-refractivity contribution in [1.82, 2.24) is 0 Å². The van der Waals surface area contributed by atoms with Crippen LogP contribution < -0.4 is 5.32 Å². The Bertz CT molecular complexity index is 426. The van der Waals surface area contributed by atoms with Crippen LogP contribution in [0.2, 0.25) is 0 Å². The first-order chi connectivity index (χ1) is 7.55. The van der Waals surface area contributed by atoms with Gasteiger partial charge in [-0.15, -0.1) is 0 Å². The van der Waals surface area contributed by atoms with Crippen LogP contribution in [0.4, 0.5) is 5.69 Å². The molecule has 0 bridgehead atoms. The Labute approximate surface area is 105 Å². The molecule has 1 aliphatic rings. The Morgan fingerprint density at radius 3 is 2.81 bits per heavy atom. The molecule has 0 fully saturated rings. The first kappa shape index (κ1) is 11.6. The molecule has 0 aliphatic carbocycles. The minimum Gasteiger partial charge on any atom is -0.325 e. The molecular weight excluding hydrogens is 266 g/mol. The number of carbonyl (C=O) groups excluding carboxylic acids is 1. The summed E-state index contributed by atoms with van der Waals surface area (Å²) in [4.78, 5) is 11.8. The maximum Gasteiger partial charge on any atom is 0.234 e. The third kappa shape index (κ3) is 1.88. The molecule has 0 spiro atoms.